The first-order valence-corrected chi connectivity index (χ1v) is 16.2. The number of sulfonamides is 1. The van der Waals surface area contributed by atoms with Crippen LogP contribution in [0.2, 0.25) is 0 Å². The number of benzene rings is 1. The van der Waals surface area contributed by atoms with E-state index in [2.05, 4.69) is 14.9 Å². The van der Waals surface area contributed by atoms with Crippen molar-refractivity contribution in [2.75, 3.05) is 59.5 Å². The minimum Gasteiger partial charge on any atom is -0.384 e. The van der Waals surface area contributed by atoms with Gasteiger partial charge in [0.15, 0.2) is 5.01 Å². The number of fused-ring (bicyclic) bond motifs is 2. The van der Waals surface area contributed by atoms with Gasteiger partial charge in [0, 0.05) is 80.0 Å². The van der Waals surface area contributed by atoms with E-state index >= 15 is 0 Å². The molecule has 0 aliphatic carbocycles. The fourth-order valence-corrected chi connectivity index (χ4v) is 8.35. The Balaban J connectivity index is 1.27. The van der Waals surface area contributed by atoms with Gasteiger partial charge in [0.05, 0.1) is 24.9 Å². The summed E-state index contributed by atoms with van der Waals surface area (Å²) in [7, 11) is -1.95. The molecule has 15 heteroatoms. The Morgan fingerprint density at radius 3 is 2.71 bits per heavy atom. The number of morpholine rings is 1. The van der Waals surface area contributed by atoms with E-state index in [1.807, 2.05) is 7.05 Å². The van der Waals surface area contributed by atoms with Crippen LogP contribution in [0.15, 0.2) is 29.3 Å². The molecule has 0 spiro atoms. The zero-order chi connectivity index (χ0) is 29.6. The molecule has 0 bridgehead atoms. The Kier molecular flexibility index (Phi) is 7.78. The minimum atomic E-state index is -3.98. The summed E-state index contributed by atoms with van der Waals surface area (Å²) in [4.78, 5) is 41.3. The number of likely N-dealkylation sites (N-methyl/N-ethyl adjacent to an activating group) is 1. The van der Waals surface area contributed by atoms with E-state index in [-0.39, 0.29) is 48.7 Å². The molecule has 2 fully saturated rings. The van der Waals surface area contributed by atoms with E-state index in [1.165, 1.54) is 21.7 Å². The summed E-state index contributed by atoms with van der Waals surface area (Å²) in [6, 6.07) is 5.88. The number of nitrogens with two attached hydrogens (primary N) is 1. The van der Waals surface area contributed by atoms with Crippen LogP contribution in [0, 0.1) is 5.41 Å². The van der Waals surface area contributed by atoms with Crippen LogP contribution in [-0.2, 0) is 32.5 Å². The van der Waals surface area contributed by atoms with E-state index in [0.29, 0.717) is 47.8 Å². The van der Waals surface area contributed by atoms with Gasteiger partial charge in [0.1, 0.15) is 10.9 Å². The van der Waals surface area contributed by atoms with Gasteiger partial charge in [-0.3, -0.25) is 15.0 Å². The number of rotatable bonds is 6. The normalized spacial score (nSPS) is 20.5. The molecule has 2 aromatic heterocycles. The average Bonchev–Trinajstić information content (AvgIpc) is 3.61. The quantitative estimate of drug-likeness (QED) is 0.269. The third kappa shape index (κ3) is 5.54. The molecule has 4 N–H and O–H groups in total. The Hall–Kier alpha value is -3.37. The van der Waals surface area contributed by atoms with E-state index in [0.717, 1.165) is 30.1 Å². The fraction of sp³-hybridized carbons (Fsp3) is 0.481. The SMILES string of the molecule is CN1CCc2nc(C(=O)N3CCN(S(=O)(=O)c4cc5cc(C(=N)N)ccc5[nH]4)CC3CC(=O)N3CCOCC3)sc2C1. The lowest BCUT2D eigenvalue weighted by Gasteiger charge is -2.41. The van der Waals surface area contributed by atoms with E-state index in [4.69, 9.17) is 15.9 Å². The van der Waals surface area contributed by atoms with Crippen molar-refractivity contribution in [2.24, 2.45) is 5.73 Å². The lowest BCUT2D eigenvalue weighted by atomic mass is 10.1. The van der Waals surface area contributed by atoms with Gasteiger partial charge in [0.2, 0.25) is 5.91 Å². The van der Waals surface area contributed by atoms with Gasteiger partial charge in [-0.1, -0.05) is 0 Å². The molecular formula is C27H34N8O5S2. The smallest absolute Gasteiger partial charge is 0.283 e. The highest BCUT2D eigenvalue weighted by atomic mass is 32.2. The molecule has 6 rings (SSSR count). The molecule has 13 nitrogen and oxygen atoms in total. The maximum absolute atomic E-state index is 13.8. The molecule has 3 aromatic rings. The van der Waals surface area contributed by atoms with Crippen molar-refractivity contribution in [3.8, 4) is 0 Å². The summed E-state index contributed by atoms with van der Waals surface area (Å²) in [6.45, 7) is 3.64. The summed E-state index contributed by atoms with van der Waals surface area (Å²) in [6.07, 6.45) is 0.777. The molecule has 1 unspecified atom stereocenters. The first kappa shape index (κ1) is 28.7. The van der Waals surface area contributed by atoms with Crippen LogP contribution in [0.3, 0.4) is 0 Å². The number of nitrogen functional groups attached to an aromatic ring is 1. The zero-order valence-electron chi connectivity index (χ0n) is 23.3. The number of aromatic nitrogens is 2. The zero-order valence-corrected chi connectivity index (χ0v) is 25.0. The predicted molar refractivity (Wildman–Crippen MR) is 157 cm³/mol. The fourth-order valence-electron chi connectivity index (χ4n) is 5.72. The monoisotopic (exact) mass is 614 g/mol. The number of hydrogen-bond donors (Lipinski definition) is 3. The number of aromatic amines is 1. The van der Waals surface area contributed by atoms with Crippen molar-refractivity contribution in [1.82, 2.24) is 29.0 Å². The second-order valence-corrected chi connectivity index (χ2v) is 13.9. The Morgan fingerprint density at radius 1 is 1.17 bits per heavy atom. The second-order valence-electron chi connectivity index (χ2n) is 10.9. The van der Waals surface area contributed by atoms with Gasteiger partial charge in [-0.15, -0.1) is 11.3 Å². The number of amides is 2. The van der Waals surface area contributed by atoms with Gasteiger partial charge >= 0.3 is 0 Å². The first-order chi connectivity index (χ1) is 20.1. The van der Waals surface area contributed by atoms with Crippen molar-refractivity contribution < 1.29 is 22.7 Å². The number of carbonyl (C=O) groups excluding carboxylic acids is 2. The highest BCUT2D eigenvalue weighted by Crippen LogP contribution is 2.29. The molecule has 0 radical (unpaired) electrons. The molecule has 1 atom stereocenters. The van der Waals surface area contributed by atoms with Gasteiger partial charge in [0.25, 0.3) is 15.9 Å². The molecule has 224 valence electrons. The van der Waals surface area contributed by atoms with E-state index in [9.17, 15) is 18.0 Å². The maximum Gasteiger partial charge on any atom is 0.283 e. The summed E-state index contributed by atoms with van der Waals surface area (Å²) in [5, 5.41) is 8.69. The van der Waals surface area contributed by atoms with Gasteiger partial charge < -0.3 is 30.2 Å². The van der Waals surface area contributed by atoms with Crippen LogP contribution in [0.25, 0.3) is 10.9 Å². The molecule has 42 heavy (non-hydrogen) atoms. The lowest BCUT2D eigenvalue weighted by Crippen LogP contribution is -2.58. The Labute approximate surface area is 247 Å². The van der Waals surface area contributed by atoms with Crippen molar-refractivity contribution in [1.29, 1.82) is 5.41 Å². The average molecular weight is 615 g/mol. The van der Waals surface area contributed by atoms with Crippen LogP contribution in [0.4, 0.5) is 0 Å². The van der Waals surface area contributed by atoms with Gasteiger partial charge in [-0.2, -0.15) is 4.31 Å². The minimum absolute atomic E-state index is 0.000259. The number of piperazine rings is 1. The largest absolute Gasteiger partial charge is 0.384 e. The van der Waals surface area contributed by atoms with E-state index < -0.39 is 16.1 Å². The van der Waals surface area contributed by atoms with E-state index in [1.54, 1.807) is 28.0 Å². The summed E-state index contributed by atoms with van der Waals surface area (Å²) in [5.41, 5.74) is 7.64. The van der Waals surface area contributed by atoms with Gasteiger partial charge in [-0.25, -0.2) is 13.4 Å². The van der Waals surface area contributed by atoms with Crippen molar-refractivity contribution >= 4 is 49.9 Å². The van der Waals surface area contributed by atoms with Gasteiger partial charge in [-0.05, 0) is 31.3 Å². The number of carbonyl (C=O) groups is 2. The molecular weight excluding hydrogens is 580 g/mol. The lowest BCUT2D eigenvalue weighted by molar-refractivity contribution is -0.136. The number of hydrogen-bond acceptors (Lipinski definition) is 9. The van der Waals surface area contributed by atoms with Crippen LogP contribution < -0.4 is 5.73 Å². The molecule has 1 aromatic carbocycles. The van der Waals surface area contributed by atoms with Crippen molar-refractivity contribution in [3.63, 3.8) is 0 Å². The van der Waals surface area contributed by atoms with Crippen molar-refractivity contribution in [2.45, 2.75) is 30.5 Å². The summed E-state index contributed by atoms with van der Waals surface area (Å²) < 4.78 is 34.4. The molecule has 0 saturated carbocycles. The number of nitrogens with one attached hydrogen (secondary N) is 2. The van der Waals surface area contributed by atoms with Crippen LogP contribution >= 0.6 is 11.3 Å². The molecule has 2 saturated heterocycles. The summed E-state index contributed by atoms with van der Waals surface area (Å²) >= 11 is 1.38. The Bertz CT molecular complexity index is 1640. The molecule has 2 amide bonds. The number of nitrogens with zero attached hydrogens (tertiary/aromatic N) is 5. The third-order valence-electron chi connectivity index (χ3n) is 8.11. The third-order valence-corrected chi connectivity index (χ3v) is 11.0. The highest BCUT2D eigenvalue weighted by Gasteiger charge is 2.40. The topological polar surface area (TPSA) is 169 Å². The number of thiazole rings is 1. The predicted octanol–water partition coefficient (Wildman–Crippen LogP) is 0.661. The molecule has 5 heterocycles. The standard InChI is InChI=1S/C27H34N8O5S2/c1-32-5-4-21-22(16-32)41-26(31-21)27(37)35-7-6-34(15-19(35)14-24(36)33-8-10-40-11-9-33)42(38,39)23-13-18-12-17(25(28)29)2-3-20(18)30-23/h2-3,12-13,19,30H,4-11,14-16H2,1H3,(H3,28,29). The summed E-state index contributed by atoms with van der Waals surface area (Å²) in [5.74, 6) is -0.511. The van der Waals surface area contributed by atoms with Crippen LogP contribution in [-0.4, -0.2) is 121 Å². The Morgan fingerprint density at radius 2 is 1.95 bits per heavy atom. The number of ether oxygens (including phenoxy) is 1. The maximum atomic E-state index is 13.8. The van der Waals surface area contributed by atoms with Crippen LogP contribution in [0.1, 0.15) is 32.4 Å². The molecule has 3 aliphatic heterocycles. The van der Waals surface area contributed by atoms with Crippen LogP contribution in [0.5, 0.6) is 0 Å². The first-order valence-electron chi connectivity index (χ1n) is 13.9. The highest BCUT2D eigenvalue weighted by molar-refractivity contribution is 7.89. The van der Waals surface area contributed by atoms with Crippen molar-refractivity contribution in [3.05, 3.63) is 45.4 Å². The number of amidine groups is 1. The number of H-pyrrole nitrogens is 1. The second kappa shape index (κ2) is 11.4. The molecule has 3 aliphatic rings.